The Morgan fingerprint density at radius 1 is 1.03 bits per heavy atom. The number of benzene rings is 1. The van der Waals surface area contributed by atoms with E-state index in [1.54, 1.807) is 6.20 Å². The number of carbonyl (C=O) groups is 1. The van der Waals surface area contributed by atoms with Gasteiger partial charge >= 0.3 is 0 Å². The SMILES string of the molecule is O=C([C@H]1CC[C@H](OC2CC2)CC1)N1Cc2cccnc2Nc2ccc(N3CCOCC3)cc21. The number of carbonyl (C=O) groups excluding carboxylic acids is 1. The molecule has 0 radical (unpaired) electrons. The highest BCUT2D eigenvalue weighted by Gasteiger charge is 2.35. The average molecular weight is 449 g/mol. The Bertz CT molecular complexity index is 1010. The lowest BCUT2D eigenvalue weighted by molar-refractivity contribution is -0.124. The van der Waals surface area contributed by atoms with Crippen molar-refractivity contribution in [3.05, 3.63) is 42.1 Å². The smallest absolute Gasteiger partial charge is 0.230 e. The molecule has 2 aromatic rings. The maximum atomic E-state index is 13.9. The fourth-order valence-electron chi connectivity index (χ4n) is 5.27. The molecule has 174 valence electrons. The molecule has 7 nitrogen and oxygen atoms in total. The summed E-state index contributed by atoms with van der Waals surface area (Å²) in [6, 6.07) is 10.4. The molecule has 33 heavy (non-hydrogen) atoms. The molecule has 0 bridgehead atoms. The van der Waals surface area contributed by atoms with Crippen LogP contribution < -0.4 is 15.1 Å². The van der Waals surface area contributed by atoms with Gasteiger partial charge in [-0.1, -0.05) is 6.07 Å². The molecule has 6 rings (SSSR count). The fourth-order valence-corrected chi connectivity index (χ4v) is 5.27. The Morgan fingerprint density at radius 2 is 1.79 bits per heavy atom. The van der Waals surface area contributed by atoms with Gasteiger partial charge in [-0.3, -0.25) is 4.79 Å². The molecule has 1 N–H and O–H groups in total. The van der Waals surface area contributed by atoms with Crippen LogP contribution in [-0.2, 0) is 20.8 Å². The summed E-state index contributed by atoms with van der Waals surface area (Å²) >= 11 is 0. The third-order valence-corrected chi connectivity index (χ3v) is 7.32. The molecule has 2 aliphatic carbocycles. The zero-order valence-corrected chi connectivity index (χ0v) is 19.0. The predicted molar refractivity (Wildman–Crippen MR) is 128 cm³/mol. The van der Waals surface area contributed by atoms with E-state index in [9.17, 15) is 4.79 Å². The van der Waals surface area contributed by atoms with Crippen LogP contribution in [0, 0.1) is 5.92 Å². The Morgan fingerprint density at radius 3 is 2.55 bits per heavy atom. The summed E-state index contributed by atoms with van der Waals surface area (Å²) < 4.78 is 11.7. The summed E-state index contributed by atoms with van der Waals surface area (Å²) in [6.45, 7) is 3.74. The predicted octanol–water partition coefficient (Wildman–Crippen LogP) is 4.25. The number of fused-ring (bicyclic) bond motifs is 2. The summed E-state index contributed by atoms with van der Waals surface area (Å²) in [5, 5.41) is 3.49. The highest BCUT2D eigenvalue weighted by Crippen LogP contribution is 2.40. The first-order valence-electron chi connectivity index (χ1n) is 12.4. The van der Waals surface area contributed by atoms with Gasteiger partial charge in [-0.25, -0.2) is 4.98 Å². The largest absolute Gasteiger partial charge is 0.378 e. The Labute approximate surface area is 195 Å². The number of anilines is 4. The van der Waals surface area contributed by atoms with Crippen molar-refractivity contribution in [2.24, 2.45) is 5.92 Å². The van der Waals surface area contributed by atoms with Crippen molar-refractivity contribution < 1.29 is 14.3 Å². The highest BCUT2D eigenvalue weighted by molar-refractivity contribution is 6.00. The molecule has 2 saturated carbocycles. The topological polar surface area (TPSA) is 66.9 Å². The lowest BCUT2D eigenvalue weighted by Crippen LogP contribution is -2.39. The van der Waals surface area contributed by atoms with Crippen molar-refractivity contribution in [2.45, 2.75) is 57.3 Å². The number of hydrogen-bond acceptors (Lipinski definition) is 6. The van der Waals surface area contributed by atoms with E-state index in [4.69, 9.17) is 9.47 Å². The average Bonchev–Trinajstić information content (AvgIpc) is 3.70. The van der Waals surface area contributed by atoms with Crippen LogP contribution in [0.15, 0.2) is 36.5 Å². The van der Waals surface area contributed by atoms with Crippen molar-refractivity contribution in [3.63, 3.8) is 0 Å². The molecule has 7 heteroatoms. The van der Waals surface area contributed by atoms with Gasteiger partial charge in [-0.05, 0) is 62.8 Å². The van der Waals surface area contributed by atoms with Gasteiger partial charge in [0, 0.05) is 36.5 Å². The summed E-state index contributed by atoms with van der Waals surface area (Å²) in [4.78, 5) is 22.8. The van der Waals surface area contributed by atoms with E-state index >= 15 is 0 Å². The maximum Gasteiger partial charge on any atom is 0.230 e. The van der Waals surface area contributed by atoms with Crippen molar-refractivity contribution in [1.82, 2.24) is 4.98 Å². The maximum absolute atomic E-state index is 13.9. The minimum absolute atomic E-state index is 0.0437. The van der Waals surface area contributed by atoms with Gasteiger partial charge in [0.2, 0.25) is 5.91 Å². The Kier molecular flexibility index (Phi) is 5.68. The zero-order chi connectivity index (χ0) is 22.2. The number of aromatic nitrogens is 1. The summed E-state index contributed by atoms with van der Waals surface area (Å²) in [5.41, 5.74) is 4.06. The minimum atomic E-state index is 0.0437. The molecule has 4 aliphatic rings. The number of ether oxygens (including phenoxy) is 2. The number of nitrogens with zero attached hydrogens (tertiary/aromatic N) is 3. The number of hydrogen-bond donors (Lipinski definition) is 1. The number of morpholine rings is 1. The van der Waals surface area contributed by atoms with E-state index in [0.29, 0.717) is 18.8 Å². The van der Waals surface area contributed by atoms with Gasteiger partial charge in [0.1, 0.15) is 5.82 Å². The lowest BCUT2D eigenvalue weighted by Gasteiger charge is -2.33. The molecule has 0 atom stereocenters. The van der Waals surface area contributed by atoms with Crippen LogP contribution >= 0.6 is 0 Å². The molecule has 1 aromatic carbocycles. The normalized spacial score (nSPS) is 25.0. The monoisotopic (exact) mass is 448 g/mol. The van der Waals surface area contributed by atoms with Crippen molar-refractivity contribution in [3.8, 4) is 0 Å². The van der Waals surface area contributed by atoms with Crippen LogP contribution in [0.25, 0.3) is 0 Å². The second-order valence-electron chi connectivity index (χ2n) is 9.67. The molecule has 1 saturated heterocycles. The van der Waals surface area contributed by atoms with E-state index in [2.05, 4.69) is 39.5 Å². The molecule has 1 amide bonds. The van der Waals surface area contributed by atoms with Crippen LogP contribution in [0.4, 0.5) is 22.9 Å². The van der Waals surface area contributed by atoms with Gasteiger partial charge in [-0.2, -0.15) is 0 Å². The molecule has 3 heterocycles. The van der Waals surface area contributed by atoms with Crippen LogP contribution in [0.5, 0.6) is 0 Å². The molecule has 2 aliphatic heterocycles. The first kappa shape index (κ1) is 20.9. The van der Waals surface area contributed by atoms with Crippen molar-refractivity contribution in [1.29, 1.82) is 0 Å². The number of nitrogens with one attached hydrogen (secondary N) is 1. The molecule has 1 aromatic heterocycles. The van der Waals surface area contributed by atoms with Gasteiger partial charge in [-0.15, -0.1) is 0 Å². The minimum Gasteiger partial charge on any atom is -0.378 e. The van der Waals surface area contributed by atoms with Gasteiger partial charge in [0.15, 0.2) is 0 Å². The summed E-state index contributed by atoms with van der Waals surface area (Å²) in [5.74, 6) is 1.09. The zero-order valence-electron chi connectivity index (χ0n) is 19.0. The van der Waals surface area contributed by atoms with Crippen LogP contribution in [-0.4, -0.2) is 49.4 Å². The number of amides is 1. The molecule has 0 spiro atoms. The molecule has 3 fully saturated rings. The number of rotatable bonds is 4. The van der Waals surface area contributed by atoms with Gasteiger partial charge < -0.3 is 24.6 Å². The third-order valence-electron chi connectivity index (χ3n) is 7.32. The van der Waals surface area contributed by atoms with Gasteiger partial charge in [0.05, 0.1) is 43.3 Å². The van der Waals surface area contributed by atoms with Crippen LogP contribution in [0.3, 0.4) is 0 Å². The molecular weight excluding hydrogens is 416 g/mol. The van der Waals surface area contributed by atoms with E-state index in [-0.39, 0.29) is 11.8 Å². The Balaban J connectivity index is 1.28. The van der Waals surface area contributed by atoms with Gasteiger partial charge in [0.25, 0.3) is 0 Å². The quantitative estimate of drug-likeness (QED) is 0.755. The first-order chi connectivity index (χ1) is 16.2. The molecular formula is C26H32N4O3. The summed E-state index contributed by atoms with van der Waals surface area (Å²) in [7, 11) is 0. The first-order valence-corrected chi connectivity index (χ1v) is 12.4. The summed E-state index contributed by atoms with van der Waals surface area (Å²) in [6.07, 6.45) is 8.79. The van der Waals surface area contributed by atoms with Crippen molar-refractivity contribution >= 4 is 28.8 Å². The number of pyridine rings is 1. The van der Waals surface area contributed by atoms with Crippen LogP contribution in [0.1, 0.15) is 44.1 Å². The second kappa shape index (κ2) is 8.95. The van der Waals surface area contributed by atoms with E-state index in [1.165, 1.54) is 12.8 Å². The van der Waals surface area contributed by atoms with Crippen LogP contribution in [0.2, 0.25) is 0 Å². The highest BCUT2D eigenvalue weighted by atomic mass is 16.5. The standard InChI is InChI=1S/C26H32N4O3/c31-26(18-3-6-21(7-4-18)33-22-8-9-22)30-17-19-2-1-11-27-25(19)28-23-10-5-20(16-24(23)30)29-12-14-32-15-13-29/h1-2,5,10-11,16,18,21-22H,3-4,6-9,12-15,17H2,(H,27,28)/t18-,21-. The third kappa shape index (κ3) is 4.44. The molecule has 0 unspecified atom stereocenters. The van der Waals surface area contributed by atoms with E-state index in [0.717, 1.165) is 80.4 Å². The lowest BCUT2D eigenvalue weighted by atomic mass is 9.86. The van der Waals surface area contributed by atoms with E-state index < -0.39 is 0 Å². The Hall–Kier alpha value is -2.64. The second-order valence-corrected chi connectivity index (χ2v) is 9.67. The fraction of sp³-hybridized carbons (Fsp3) is 0.538. The van der Waals surface area contributed by atoms with Crippen molar-refractivity contribution in [2.75, 3.05) is 41.4 Å². The van der Waals surface area contributed by atoms with E-state index in [1.807, 2.05) is 11.0 Å².